The lowest BCUT2D eigenvalue weighted by Gasteiger charge is -2.23. The van der Waals surface area contributed by atoms with Gasteiger partial charge in [0, 0.05) is 37.7 Å². The first-order valence-corrected chi connectivity index (χ1v) is 7.06. The van der Waals surface area contributed by atoms with Gasteiger partial charge in [-0.2, -0.15) is 0 Å². The zero-order valence-electron chi connectivity index (χ0n) is 12.1. The number of aliphatic hydroxyl groups is 1. The molecular weight excluding hydrogens is 275 g/mol. The van der Waals surface area contributed by atoms with Crippen LogP contribution in [0.1, 0.15) is 19.8 Å². The third-order valence-corrected chi connectivity index (χ3v) is 3.48. The predicted molar refractivity (Wildman–Crippen MR) is 77.5 cm³/mol. The number of anilines is 1. The van der Waals surface area contributed by atoms with Gasteiger partial charge in [0.1, 0.15) is 11.4 Å². The number of carbonyl (C=O) groups is 1. The smallest absolute Gasteiger partial charge is 0.225 e. The van der Waals surface area contributed by atoms with Crippen LogP contribution < -0.4 is 10.6 Å². The molecule has 0 aliphatic carbocycles. The quantitative estimate of drug-likeness (QED) is 0.739. The van der Waals surface area contributed by atoms with E-state index < -0.39 is 5.60 Å². The Balaban J connectivity index is 1.72. The van der Waals surface area contributed by atoms with E-state index in [9.17, 15) is 14.3 Å². The second kappa shape index (κ2) is 6.98. The van der Waals surface area contributed by atoms with Gasteiger partial charge in [-0.05, 0) is 31.2 Å². The molecule has 3 N–H and O–H groups in total. The van der Waals surface area contributed by atoms with Crippen molar-refractivity contribution in [1.29, 1.82) is 0 Å². The summed E-state index contributed by atoms with van der Waals surface area (Å²) >= 11 is 0. The zero-order valence-corrected chi connectivity index (χ0v) is 12.1. The number of halogens is 1. The number of carbonyl (C=O) groups excluding carboxylic acids is 1. The Bertz CT molecular complexity index is 472. The molecule has 21 heavy (non-hydrogen) atoms. The van der Waals surface area contributed by atoms with Crippen molar-refractivity contribution in [3.63, 3.8) is 0 Å². The number of amides is 1. The first-order valence-electron chi connectivity index (χ1n) is 7.06. The number of hydrogen-bond donors (Lipinski definition) is 3. The third kappa shape index (κ3) is 5.08. The van der Waals surface area contributed by atoms with Crippen LogP contribution in [-0.4, -0.2) is 42.4 Å². The van der Waals surface area contributed by atoms with Crippen LogP contribution in [0.4, 0.5) is 10.1 Å². The molecule has 5 nitrogen and oxygen atoms in total. The summed E-state index contributed by atoms with van der Waals surface area (Å²) < 4.78 is 17.9. The minimum Gasteiger partial charge on any atom is -0.386 e. The standard InChI is InChI=1S/C15H21FN2O3/c1-11(17-9-15(20)6-7-21-10-15)8-14(19)18-13-4-2-12(16)3-5-13/h2-5,11,17,20H,6-10H2,1H3,(H,18,19)/t11-,15-/m1/s1. The van der Waals surface area contributed by atoms with Gasteiger partial charge in [0.15, 0.2) is 0 Å². The van der Waals surface area contributed by atoms with Gasteiger partial charge in [0.05, 0.1) is 6.61 Å². The molecule has 2 atom stereocenters. The molecule has 116 valence electrons. The van der Waals surface area contributed by atoms with Crippen LogP contribution in [0.5, 0.6) is 0 Å². The minimum atomic E-state index is -0.832. The Labute approximate surface area is 123 Å². The molecule has 0 unspecified atom stereocenters. The lowest BCUT2D eigenvalue weighted by atomic mass is 10.0. The largest absolute Gasteiger partial charge is 0.386 e. The van der Waals surface area contributed by atoms with Crippen molar-refractivity contribution in [2.45, 2.75) is 31.4 Å². The number of hydrogen-bond acceptors (Lipinski definition) is 4. The number of nitrogens with one attached hydrogen (secondary N) is 2. The Kier molecular flexibility index (Phi) is 5.27. The van der Waals surface area contributed by atoms with Gasteiger partial charge in [-0.3, -0.25) is 4.79 Å². The van der Waals surface area contributed by atoms with Crippen LogP contribution in [-0.2, 0) is 9.53 Å². The second-order valence-corrected chi connectivity index (χ2v) is 5.57. The molecule has 0 radical (unpaired) electrons. The van der Waals surface area contributed by atoms with E-state index in [1.165, 1.54) is 24.3 Å². The van der Waals surface area contributed by atoms with Crippen LogP contribution in [0, 0.1) is 5.82 Å². The van der Waals surface area contributed by atoms with Gasteiger partial charge in [0.25, 0.3) is 0 Å². The van der Waals surface area contributed by atoms with Crippen LogP contribution in [0.3, 0.4) is 0 Å². The highest BCUT2D eigenvalue weighted by molar-refractivity contribution is 5.91. The van der Waals surface area contributed by atoms with E-state index in [2.05, 4.69) is 10.6 Å². The summed E-state index contributed by atoms with van der Waals surface area (Å²) in [4.78, 5) is 11.9. The zero-order chi connectivity index (χ0) is 15.3. The van der Waals surface area contributed by atoms with E-state index in [1.54, 1.807) is 0 Å². The molecule has 1 aliphatic rings. The molecule has 1 aliphatic heterocycles. The van der Waals surface area contributed by atoms with E-state index in [0.29, 0.717) is 31.9 Å². The maximum absolute atomic E-state index is 12.8. The maximum Gasteiger partial charge on any atom is 0.225 e. The predicted octanol–water partition coefficient (Wildman–Crippen LogP) is 1.28. The Hall–Kier alpha value is -1.50. The maximum atomic E-state index is 12.8. The molecule has 1 aromatic carbocycles. The topological polar surface area (TPSA) is 70.6 Å². The fraction of sp³-hybridized carbons (Fsp3) is 0.533. The Morgan fingerprint density at radius 2 is 2.19 bits per heavy atom. The Morgan fingerprint density at radius 1 is 1.48 bits per heavy atom. The summed E-state index contributed by atoms with van der Waals surface area (Å²) in [5.41, 5.74) is -0.266. The van der Waals surface area contributed by atoms with E-state index in [4.69, 9.17) is 4.74 Å². The number of rotatable bonds is 6. The van der Waals surface area contributed by atoms with Gasteiger partial charge in [-0.15, -0.1) is 0 Å². The van der Waals surface area contributed by atoms with Crippen molar-refractivity contribution in [2.75, 3.05) is 25.1 Å². The Morgan fingerprint density at radius 3 is 2.81 bits per heavy atom. The fourth-order valence-corrected chi connectivity index (χ4v) is 2.20. The molecule has 2 rings (SSSR count). The molecule has 0 aromatic heterocycles. The molecule has 1 saturated heterocycles. The van der Waals surface area contributed by atoms with Crippen LogP contribution in [0.15, 0.2) is 24.3 Å². The molecule has 1 amide bonds. The van der Waals surface area contributed by atoms with Crippen molar-refractivity contribution in [3.05, 3.63) is 30.1 Å². The van der Waals surface area contributed by atoms with Gasteiger partial charge in [-0.25, -0.2) is 4.39 Å². The first-order chi connectivity index (χ1) is 9.97. The lowest BCUT2D eigenvalue weighted by molar-refractivity contribution is -0.116. The van der Waals surface area contributed by atoms with Crippen molar-refractivity contribution in [1.82, 2.24) is 5.32 Å². The van der Waals surface area contributed by atoms with Crippen molar-refractivity contribution in [2.24, 2.45) is 0 Å². The van der Waals surface area contributed by atoms with Crippen LogP contribution >= 0.6 is 0 Å². The summed E-state index contributed by atoms with van der Waals surface area (Å²) in [7, 11) is 0. The third-order valence-electron chi connectivity index (χ3n) is 3.48. The monoisotopic (exact) mass is 296 g/mol. The lowest BCUT2D eigenvalue weighted by Crippen LogP contribution is -2.45. The fourth-order valence-electron chi connectivity index (χ4n) is 2.20. The van der Waals surface area contributed by atoms with Gasteiger partial charge >= 0.3 is 0 Å². The van der Waals surface area contributed by atoms with E-state index in [-0.39, 0.29) is 24.2 Å². The summed E-state index contributed by atoms with van der Waals surface area (Å²) in [6, 6.07) is 5.56. The molecular formula is C15H21FN2O3. The first kappa shape index (κ1) is 15.9. The summed E-state index contributed by atoms with van der Waals surface area (Å²) in [5.74, 6) is -0.494. The molecule has 0 saturated carbocycles. The average molecular weight is 296 g/mol. The van der Waals surface area contributed by atoms with Crippen molar-refractivity contribution in [3.8, 4) is 0 Å². The highest BCUT2D eigenvalue weighted by atomic mass is 19.1. The van der Waals surface area contributed by atoms with Gasteiger partial charge in [-0.1, -0.05) is 0 Å². The minimum absolute atomic E-state index is 0.0740. The van der Waals surface area contributed by atoms with Crippen LogP contribution in [0.2, 0.25) is 0 Å². The molecule has 1 aromatic rings. The second-order valence-electron chi connectivity index (χ2n) is 5.57. The van der Waals surface area contributed by atoms with Crippen molar-refractivity contribution >= 4 is 11.6 Å². The molecule has 1 fully saturated rings. The van der Waals surface area contributed by atoms with Crippen molar-refractivity contribution < 1.29 is 19.0 Å². The average Bonchev–Trinajstić information content (AvgIpc) is 2.87. The molecule has 0 spiro atoms. The molecule has 0 bridgehead atoms. The van der Waals surface area contributed by atoms with E-state index in [1.807, 2.05) is 6.92 Å². The highest BCUT2D eigenvalue weighted by Gasteiger charge is 2.32. The van der Waals surface area contributed by atoms with E-state index in [0.717, 1.165) is 0 Å². The number of ether oxygens (including phenoxy) is 1. The summed E-state index contributed by atoms with van der Waals surface area (Å²) in [6.07, 6.45) is 0.878. The normalized spacial score (nSPS) is 23.0. The molecule has 1 heterocycles. The van der Waals surface area contributed by atoms with Gasteiger partial charge < -0.3 is 20.5 Å². The number of benzene rings is 1. The summed E-state index contributed by atoms with van der Waals surface area (Å²) in [5, 5.41) is 16.0. The van der Waals surface area contributed by atoms with E-state index >= 15 is 0 Å². The summed E-state index contributed by atoms with van der Waals surface area (Å²) in [6.45, 7) is 3.17. The highest BCUT2D eigenvalue weighted by Crippen LogP contribution is 2.17. The SMILES string of the molecule is C[C@H](CC(=O)Nc1ccc(F)cc1)NC[C@]1(O)CCOC1. The van der Waals surface area contributed by atoms with Gasteiger partial charge in [0.2, 0.25) is 5.91 Å². The molecule has 6 heteroatoms. The van der Waals surface area contributed by atoms with Crippen LogP contribution in [0.25, 0.3) is 0 Å².